The molecular formula is C23H23ClN4O2. The lowest BCUT2D eigenvalue weighted by Gasteiger charge is -2.35. The van der Waals surface area contributed by atoms with Gasteiger partial charge in [0.05, 0.1) is 6.61 Å². The normalized spacial score (nSPS) is 19.2. The van der Waals surface area contributed by atoms with Crippen molar-refractivity contribution in [2.24, 2.45) is 0 Å². The molecule has 0 unspecified atom stereocenters. The van der Waals surface area contributed by atoms with Crippen molar-refractivity contribution in [2.75, 3.05) is 31.1 Å². The monoisotopic (exact) mass is 422 g/mol. The molecule has 5 rings (SSSR count). The van der Waals surface area contributed by atoms with Gasteiger partial charge in [-0.15, -0.1) is 0 Å². The van der Waals surface area contributed by atoms with E-state index < -0.39 is 6.29 Å². The summed E-state index contributed by atoms with van der Waals surface area (Å²) in [6.07, 6.45) is 3.18. The van der Waals surface area contributed by atoms with Gasteiger partial charge in [-0.25, -0.2) is 9.97 Å². The van der Waals surface area contributed by atoms with Crippen LogP contribution in [0.4, 0.5) is 5.95 Å². The molecule has 2 aromatic carbocycles. The molecule has 1 atom stereocenters. The highest BCUT2D eigenvalue weighted by molar-refractivity contribution is 6.30. The first-order valence-electron chi connectivity index (χ1n) is 10.1. The fourth-order valence-corrected chi connectivity index (χ4v) is 4.23. The van der Waals surface area contributed by atoms with Crippen LogP contribution in [0.1, 0.15) is 23.0 Å². The Balaban J connectivity index is 1.31. The first-order chi connectivity index (χ1) is 14.8. The van der Waals surface area contributed by atoms with Crippen molar-refractivity contribution in [1.29, 1.82) is 0 Å². The number of piperazine rings is 1. The van der Waals surface area contributed by atoms with E-state index in [4.69, 9.17) is 21.1 Å². The van der Waals surface area contributed by atoms with Gasteiger partial charge in [-0.2, -0.15) is 0 Å². The third kappa shape index (κ3) is 4.12. The molecule has 0 radical (unpaired) electrons. The highest BCUT2D eigenvalue weighted by Gasteiger charge is 2.26. The largest absolute Gasteiger partial charge is 0.460 e. The Morgan fingerprint density at radius 2 is 1.73 bits per heavy atom. The van der Waals surface area contributed by atoms with Crippen LogP contribution in [0.2, 0.25) is 5.02 Å². The lowest BCUT2D eigenvalue weighted by atomic mass is 10.1. The average Bonchev–Trinajstić information content (AvgIpc) is 2.80. The fourth-order valence-electron chi connectivity index (χ4n) is 3.97. The number of hydrogen-bond acceptors (Lipinski definition) is 6. The van der Waals surface area contributed by atoms with E-state index in [1.807, 2.05) is 48.5 Å². The first kappa shape index (κ1) is 19.3. The van der Waals surface area contributed by atoms with E-state index in [9.17, 15) is 0 Å². The van der Waals surface area contributed by atoms with Crippen LogP contribution in [-0.4, -0.2) is 41.0 Å². The Labute approximate surface area is 181 Å². The minimum Gasteiger partial charge on any atom is -0.460 e. The highest BCUT2D eigenvalue weighted by Crippen LogP contribution is 2.38. The van der Waals surface area contributed by atoms with E-state index >= 15 is 0 Å². The molecule has 0 N–H and O–H groups in total. The van der Waals surface area contributed by atoms with Gasteiger partial charge in [-0.1, -0.05) is 41.9 Å². The third-order valence-electron chi connectivity index (χ3n) is 5.50. The summed E-state index contributed by atoms with van der Waals surface area (Å²) in [5.41, 5.74) is 3.12. The molecule has 0 amide bonds. The first-order valence-corrected chi connectivity index (χ1v) is 10.5. The molecule has 0 aliphatic carbocycles. The van der Waals surface area contributed by atoms with Gasteiger partial charge in [0.1, 0.15) is 5.75 Å². The molecule has 0 bridgehead atoms. The van der Waals surface area contributed by atoms with E-state index in [1.54, 1.807) is 12.4 Å². The van der Waals surface area contributed by atoms with E-state index in [0.717, 1.165) is 61.1 Å². The molecule has 154 valence electrons. The molecule has 1 saturated heterocycles. The Morgan fingerprint density at radius 1 is 0.967 bits per heavy atom. The van der Waals surface area contributed by atoms with Crippen LogP contribution >= 0.6 is 11.6 Å². The topological polar surface area (TPSA) is 50.7 Å². The fraction of sp³-hybridized carbons (Fsp3) is 0.304. The number of hydrogen-bond donors (Lipinski definition) is 0. The molecule has 2 aliphatic heterocycles. The molecule has 0 spiro atoms. The maximum absolute atomic E-state index is 6.40. The van der Waals surface area contributed by atoms with E-state index in [1.165, 1.54) is 0 Å². The molecular weight excluding hydrogens is 400 g/mol. The molecule has 3 aromatic rings. The van der Waals surface area contributed by atoms with Crippen molar-refractivity contribution in [3.05, 3.63) is 82.6 Å². The van der Waals surface area contributed by atoms with E-state index in [2.05, 4.69) is 19.8 Å². The smallest absolute Gasteiger partial charge is 0.227 e. The molecule has 1 fully saturated rings. The SMILES string of the molecule is Clc1cc2c(c(CN3CCN(c4ncccn4)CC3)c1)O[C@H](c1ccccc1)OC2. The zero-order valence-corrected chi connectivity index (χ0v) is 17.3. The number of benzene rings is 2. The Bertz CT molecular complexity index is 995. The third-order valence-corrected chi connectivity index (χ3v) is 5.71. The van der Waals surface area contributed by atoms with E-state index in [-0.39, 0.29) is 0 Å². The maximum Gasteiger partial charge on any atom is 0.227 e. The summed E-state index contributed by atoms with van der Waals surface area (Å²) in [6.45, 7) is 4.92. The molecule has 6 nitrogen and oxygen atoms in total. The van der Waals surface area contributed by atoms with E-state index in [0.29, 0.717) is 11.6 Å². The number of nitrogens with zero attached hydrogens (tertiary/aromatic N) is 4. The summed E-state index contributed by atoms with van der Waals surface area (Å²) in [4.78, 5) is 13.4. The van der Waals surface area contributed by atoms with Crippen molar-refractivity contribution in [1.82, 2.24) is 14.9 Å². The molecule has 2 aliphatic rings. The summed E-state index contributed by atoms with van der Waals surface area (Å²) in [6, 6.07) is 15.8. The molecule has 30 heavy (non-hydrogen) atoms. The number of ether oxygens (including phenoxy) is 2. The van der Waals surface area contributed by atoms with Crippen molar-refractivity contribution in [3.8, 4) is 5.75 Å². The molecule has 0 saturated carbocycles. The predicted octanol–water partition coefficient (Wildman–Crippen LogP) is 4.06. The summed E-state index contributed by atoms with van der Waals surface area (Å²) in [5, 5.41) is 0.713. The summed E-state index contributed by atoms with van der Waals surface area (Å²) in [5.74, 6) is 1.69. The number of aromatic nitrogens is 2. The average molecular weight is 423 g/mol. The van der Waals surface area contributed by atoms with Gasteiger partial charge in [-0.3, -0.25) is 4.90 Å². The van der Waals surface area contributed by atoms with Gasteiger partial charge in [0.2, 0.25) is 12.2 Å². The number of anilines is 1. The van der Waals surface area contributed by atoms with Crippen LogP contribution in [0, 0.1) is 0 Å². The quantitative estimate of drug-likeness (QED) is 0.632. The molecule has 7 heteroatoms. The maximum atomic E-state index is 6.40. The van der Waals surface area contributed by atoms with Gasteiger partial charge < -0.3 is 14.4 Å². The summed E-state index contributed by atoms with van der Waals surface area (Å²) >= 11 is 6.40. The number of halogens is 1. The second-order valence-corrected chi connectivity index (χ2v) is 7.97. The van der Waals surface area contributed by atoms with Gasteiger partial charge >= 0.3 is 0 Å². The second kappa shape index (κ2) is 8.60. The van der Waals surface area contributed by atoms with Crippen LogP contribution < -0.4 is 9.64 Å². The van der Waals surface area contributed by atoms with Crippen LogP contribution in [0.25, 0.3) is 0 Å². The van der Waals surface area contributed by atoms with Crippen LogP contribution in [0.5, 0.6) is 5.75 Å². The van der Waals surface area contributed by atoms with Crippen molar-refractivity contribution < 1.29 is 9.47 Å². The van der Waals surface area contributed by atoms with Gasteiger partial charge in [-0.05, 0) is 18.2 Å². The van der Waals surface area contributed by atoms with Crippen molar-refractivity contribution in [2.45, 2.75) is 19.4 Å². The number of fused-ring (bicyclic) bond motifs is 1. The lowest BCUT2D eigenvalue weighted by Crippen LogP contribution is -2.46. The standard InChI is InChI=1S/C23H23ClN4O2/c24-20-13-18(15-27-9-11-28(12-10-27)23-25-7-4-8-26-23)21-19(14-20)16-29-22(30-21)17-5-2-1-3-6-17/h1-8,13-14,22H,9-12,15-16H2/t22-/m1/s1. The summed E-state index contributed by atoms with van der Waals surface area (Å²) in [7, 11) is 0. The second-order valence-electron chi connectivity index (χ2n) is 7.54. The van der Waals surface area contributed by atoms with Crippen LogP contribution in [0.3, 0.4) is 0 Å². The van der Waals surface area contributed by atoms with Crippen LogP contribution in [-0.2, 0) is 17.9 Å². The Morgan fingerprint density at radius 3 is 2.50 bits per heavy atom. The van der Waals surface area contributed by atoms with Gasteiger partial charge in [0.25, 0.3) is 0 Å². The Hall–Kier alpha value is -2.67. The minimum atomic E-state index is -0.397. The zero-order valence-electron chi connectivity index (χ0n) is 16.6. The zero-order chi connectivity index (χ0) is 20.3. The van der Waals surface area contributed by atoms with Crippen molar-refractivity contribution >= 4 is 17.5 Å². The van der Waals surface area contributed by atoms with Gasteiger partial charge in [0, 0.05) is 66.8 Å². The van der Waals surface area contributed by atoms with Crippen LogP contribution in [0.15, 0.2) is 60.9 Å². The predicted molar refractivity (Wildman–Crippen MR) is 116 cm³/mol. The molecule has 1 aromatic heterocycles. The summed E-state index contributed by atoms with van der Waals surface area (Å²) < 4.78 is 12.2. The van der Waals surface area contributed by atoms with Gasteiger partial charge in [0.15, 0.2) is 0 Å². The Kier molecular flexibility index (Phi) is 5.53. The lowest BCUT2D eigenvalue weighted by molar-refractivity contribution is -0.112. The number of rotatable bonds is 4. The van der Waals surface area contributed by atoms with Crippen molar-refractivity contribution in [3.63, 3.8) is 0 Å². The highest BCUT2D eigenvalue weighted by atomic mass is 35.5. The molecule has 3 heterocycles. The minimum absolute atomic E-state index is 0.397.